The molecule has 0 aliphatic carbocycles. The lowest BCUT2D eigenvalue weighted by molar-refractivity contribution is 0.184. The number of nitrogens with one attached hydrogen (secondary N) is 1. The van der Waals surface area contributed by atoms with Crippen LogP contribution in [0.1, 0.15) is 29.3 Å². The molecule has 1 aromatic carbocycles. The summed E-state index contributed by atoms with van der Waals surface area (Å²) in [6.45, 7) is 4.66. The van der Waals surface area contributed by atoms with Crippen molar-refractivity contribution in [1.82, 2.24) is 15.2 Å². The van der Waals surface area contributed by atoms with Crippen LogP contribution in [0.15, 0.2) is 42.5 Å². The van der Waals surface area contributed by atoms with Crippen LogP contribution in [0.5, 0.6) is 5.88 Å². The second-order valence-electron chi connectivity index (χ2n) is 6.28. The van der Waals surface area contributed by atoms with Crippen LogP contribution in [-0.2, 0) is 0 Å². The standard InChI is InChI=1S/C20H26N4O/c1-16-9-10-18(15-21)20(23-16)25-19(17-7-5-4-6-8-17)11-12-22-13-14-24(2)3/h4-10,19,22H,11-14H2,1-3H3. The third kappa shape index (κ3) is 6.18. The first-order valence-corrected chi connectivity index (χ1v) is 8.55. The molecule has 0 aliphatic rings. The van der Waals surface area contributed by atoms with E-state index in [0.717, 1.165) is 37.3 Å². The second-order valence-corrected chi connectivity index (χ2v) is 6.28. The van der Waals surface area contributed by atoms with Crippen molar-refractivity contribution in [2.75, 3.05) is 33.7 Å². The minimum atomic E-state index is -0.144. The predicted molar refractivity (Wildman–Crippen MR) is 99.5 cm³/mol. The molecule has 5 heteroatoms. The molecule has 1 atom stereocenters. The van der Waals surface area contributed by atoms with Crippen LogP contribution in [0.4, 0.5) is 0 Å². The number of pyridine rings is 1. The highest BCUT2D eigenvalue weighted by molar-refractivity contribution is 5.39. The summed E-state index contributed by atoms with van der Waals surface area (Å²) in [5.74, 6) is 0.407. The SMILES string of the molecule is Cc1ccc(C#N)c(OC(CCNCCN(C)C)c2ccccc2)n1. The maximum atomic E-state index is 9.30. The van der Waals surface area contributed by atoms with Gasteiger partial charge in [-0.25, -0.2) is 4.98 Å². The van der Waals surface area contributed by atoms with Gasteiger partial charge in [-0.1, -0.05) is 30.3 Å². The van der Waals surface area contributed by atoms with Crippen molar-refractivity contribution in [1.29, 1.82) is 5.26 Å². The third-order valence-corrected chi connectivity index (χ3v) is 3.86. The molecule has 0 fully saturated rings. The van der Waals surface area contributed by atoms with E-state index in [1.807, 2.05) is 43.3 Å². The molecule has 2 rings (SSSR count). The number of rotatable bonds is 9. The zero-order valence-corrected chi connectivity index (χ0v) is 15.2. The molecule has 0 bridgehead atoms. The van der Waals surface area contributed by atoms with Gasteiger partial charge in [0, 0.05) is 25.2 Å². The molecule has 1 aromatic heterocycles. The van der Waals surface area contributed by atoms with Gasteiger partial charge in [-0.05, 0) is 45.3 Å². The minimum absolute atomic E-state index is 0.144. The largest absolute Gasteiger partial charge is 0.468 e. The fourth-order valence-corrected chi connectivity index (χ4v) is 2.46. The molecular weight excluding hydrogens is 312 g/mol. The van der Waals surface area contributed by atoms with E-state index in [1.165, 1.54) is 0 Å². The Morgan fingerprint density at radius 2 is 1.92 bits per heavy atom. The number of hydrogen-bond acceptors (Lipinski definition) is 5. The topological polar surface area (TPSA) is 61.2 Å². The summed E-state index contributed by atoms with van der Waals surface area (Å²) in [4.78, 5) is 6.55. The van der Waals surface area contributed by atoms with Crippen molar-refractivity contribution in [2.24, 2.45) is 0 Å². The van der Waals surface area contributed by atoms with Crippen LogP contribution in [0.2, 0.25) is 0 Å². The van der Waals surface area contributed by atoms with Gasteiger partial charge in [0.05, 0.1) is 0 Å². The van der Waals surface area contributed by atoms with E-state index in [1.54, 1.807) is 6.07 Å². The molecule has 1 N–H and O–H groups in total. The highest BCUT2D eigenvalue weighted by Crippen LogP contribution is 2.26. The molecule has 0 saturated heterocycles. The Morgan fingerprint density at radius 3 is 2.60 bits per heavy atom. The maximum absolute atomic E-state index is 9.30. The van der Waals surface area contributed by atoms with Gasteiger partial charge in [-0.15, -0.1) is 0 Å². The van der Waals surface area contributed by atoms with Gasteiger partial charge in [-0.2, -0.15) is 5.26 Å². The van der Waals surface area contributed by atoms with E-state index in [0.29, 0.717) is 11.4 Å². The average Bonchev–Trinajstić information content (AvgIpc) is 2.61. The highest BCUT2D eigenvalue weighted by Gasteiger charge is 2.16. The Morgan fingerprint density at radius 1 is 1.16 bits per heavy atom. The van der Waals surface area contributed by atoms with Gasteiger partial charge < -0.3 is 15.0 Å². The molecule has 5 nitrogen and oxygen atoms in total. The molecule has 0 saturated carbocycles. The van der Waals surface area contributed by atoms with Crippen molar-refractivity contribution >= 4 is 0 Å². The Balaban J connectivity index is 2.08. The van der Waals surface area contributed by atoms with Crippen LogP contribution in [0.25, 0.3) is 0 Å². The smallest absolute Gasteiger partial charge is 0.232 e. The monoisotopic (exact) mass is 338 g/mol. The second kappa shape index (κ2) is 9.77. The van der Waals surface area contributed by atoms with Crippen molar-refractivity contribution in [3.05, 3.63) is 59.3 Å². The number of hydrogen-bond donors (Lipinski definition) is 1. The summed E-state index contributed by atoms with van der Waals surface area (Å²) < 4.78 is 6.15. The van der Waals surface area contributed by atoms with E-state index in [-0.39, 0.29) is 6.10 Å². The Labute approximate surface area is 150 Å². The van der Waals surface area contributed by atoms with Crippen LogP contribution in [-0.4, -0.2) is 43.6 Å². The predicted octanol–water partition coefficient (Wildman–Crippen LogP) is 2.92. The van der Waals surface area contributed by atoms with E-state index in [2.05, 4.69) is 35.4 Å². The summed E-state index contributed by atoms with van der Waals surface area (Å²) in [6.07, 6.45) is 0.659. The Kier molecular flexibility index (Phi) is 7.39. The molecular formula is C20H26N4O. The average molecular weight is 338 g/mol. The van der Waals surface area contributed by atoms with E-state index < -0.39 is 0 Å². The first-order chi connectivity index (χ1) is 12.1. The fourth-order valence-electron chi connectivity index (χ4n) is 2.46. The zero-order valence-electron chi connectivity index (χ0n) is 15.2. The normalized spacial score (nSPS) is 12.0. The minimum Gasteiger partial charge on any atom is -0.468 e. The van der Waals surface area contributed by atoms with Gasteiger partial charge in [-0.3, -0.25) is 0 Å². The number of nitriles is 1. The summed E-state index contributed by atoms with van der Waals surface area (Å²) in [5, 5.41) is 12.7. The molecule has 2 aromatic rings. The van der Waals surface area contributed by atoms with Gasteiger partial charge in [0.2, 0.25) is 5.88 Å². The van der Waals surface area contributed by atoms with Gasteiger partial charge in [0.15, 0.2) is 0 Å². The van der Waals surface area contributed by atoms with Crippen LogP contribution in [0, 0.1) is 18.3 Å². The van der Waals surface area contributed by atoms with E-state index in [4.69, 9.17) is 4.74 Å². The van der Waals surface area contributed by atoms with E-state index >= 15 is 0 Å². The maximum Gasteiger partial charge on any atom is 0.232 e. The summed E-state index contributed by atoms with van der Waals surface area (Å²) in [6, 6.07) is 15.8. The first-order valence-electron chi connectivity index (χ1n) is 8.55. The lowest BCUT2D eigenvalue weighted by Gasteiger charge is -2.20. The molecule has 0 spiro atoms. The van der Waals surface area contributed by atoms with Crippen molar-refractivity contribution in [3.63, 3.8) is 0 Å². The van der Waals surface area contributed by atoms with Gasteiger partial charge >= 0.3 is 0 Å². The van der Waals surface area contributed by atoms with Gasteiger partial charge in [0.1, 0.15) is 17.7 Å². The third-order valence-electron chi connectivity index (χ3n) is 3.86. The van der Waals surface area contributed by atoms with Crippen molar-refractivity contribution < 1.29 is 4.74 Å². The number of benzene rings is 1. The molecule has 1 heterocycles. The molecule has 132 valence electrons. The van der Waals surface area contributed by atoms with Crippen LogP contribution in [0.3, 0.4) is 0 Å². The fraction of sp³-hybridized carbons (Fsp3) is 0.400. The van der Waals surface area contributed by atoms with Crippen LogP contribution < -0.4 is 10.1 Å². The van der Waals surface area contributed by atoms with Crippen molar-refractivity contribution in [3.8, 4) is 11.9 Å². The Bertz CT molecular complexity index is 695. The van der Waals surface area contributed by atoms with E-state index in [9.17, 15) is 5.26 Å². The lowest BCUT2D eigenvalue weighted by Crippen LogP contribution is -2.28. The highest BCUT2D eigenvalue weighted by atomic mass is 16.5. The molecule has 0 amide bonds. The van der Waals surface area contributed by atoms with Crippen LogP contribution >= 0.6 is 0 Å². The summed E-state index contributed by atoms with van der Waals surface area (Å²) >= 11 is 0. The number of aryl methyl sites for hydroxylation is 1. The van der Waals surface area contributed by atoms with Crippen molar-refractivity contribution in [2.45, 2.75) is 19.4 Å². The summed E-state index contributed by atoms with van der Waals surface area (Å²) in [7, 11) is 4.12. The molecule has 1 unspecified atom stereocenters. The Hall–Kier alpha value is -2.42. The number of likely N-dealkylation sites (N-methyl/N-ethyl adjacent to an activating group) is 1. The molecule has 25 heavy (non-hydrogen) atoms. The quantitative estimate of drug-likeness (QED) is 0.712. The first kappa shape index (κ1) is 18.9. The number of ether oxygens (including phenoxy) is 1. The zero-order chi connectivity index (χ0) is 18.1. The summed E-state index contributed by atoms with van der Waals surface area (Å²) in [5.41, 5.74) is 2.39. The number of nitrogens with zero attached hydrogens (tertiary/aromatic N) is 3. The number of aromatic nitrogens is 1. The molecule has 0 aliphatic heterocycles. The van der Waals surface area contributed by atoms with Gasteiger partial charge in [0.25, 0.3) is 0 Å². The lowest BCUT2D eigenvalue weighted by atomic mass is 10.1. The molecule has 0 radical (unpaired) electrons.